The Bertz CT molecular complexity index is 541. The first-order chi connectivity index (χ1) is 8.78. The molecule has 0 saturated carbocycles. The molecule has 0 aromatic carbocycles. The van der Waals surface area contributed by atoms with Crippen LogP contribution in [0.1, 0.15) is 25.5 Å². The largest absolute Gasteiger partial charge is 0.374 e. The van der Waals surface area contributed by atoms with Gasteiger partial charge in [-0.2, -0.15) is 0 Å². The zero-order valence-electron chi connectivity index (χ0n) is 10.2. The number of rotatable bonds is 3. The molecule has 1 fully saturated rings. The van der Waals surface area contributed by atoms with E-state index in [1.54, 1.807) is 11.3 Å². The summed E-state index contributed by atoms with van der Waals surface area (Å²) < 4.78 is 0. The Labute approximate surface area is 114 Å². The van der Waals surface area contributed by atoms with E-state index in [0.29, 0.717) is 5.13 Å². The molecule has 1 aliphatic heterocycles. The van der Waals surface area contributed by atoms with Crippen molar-refractivity contribution in [3.63, 3.8) is 0 Å². The first-order valence-electron chi connectivity index (χ1n) is 6.12. The van der Waals surface area contributed by atoms with Gasteiger partial charge in [0.15, 0.2) is 10.1 Å². The highest BCUT2D eigenvalue weighted by molar-refractivity contribution is 7.25. The first kappa shape index (κ1) is 11.9. The lowest BCUT2D eigenvalue weighted by atomic mass is 10.3. The van der Waals surface area contributed by atoms with E-state index in [2.05, 4.69) is 22.0 Å². The highest BCUT2D eigenvalue weighted by Crippen LogP contribution is 2.37. The molecular formula is C11H15N5S2. The van der Waals surface area contributed by atoms with Crippen molar-refractivity contribution in [1.82, 2.24) is 15.2 Å². The Hall–Kier alpha value is -1.21. The van der Waals surface area contributed by atoms with Crippen molar-refractivity contribution in [3.05, 3.63) is 5.69 Å². The molecule has 0 amide bonds. The highest BCUT2D eigenvalue weighted by atomic mass is 32.1. The second kappa shape index (κ2) is 4.81. The maximum absolute atomic E-state index is 5.66. The smallest absolute Gasteiger partial charge is 0.203 e. The third-order valence-corrected chi connectivity index (χ3v) is 5.10. The Morgan fingerprint density at radius 2 is 2.00 bits per heavy atom. The Morgan fingerprint density at radius 1 is 1.22 bits per heavy atom. The molecule has 0 radical (unpaired) electrons. The number of anilines is 2. The van der Waals surface area contributed by atoms with Crippen LogP contribution in [-0.2, 0) is 6.42 Å². The average Bonchev–Trinajstić information content (AvgIpc) is 3.07. The number of nitrogen functional groups attached to an aromatic ring is 1. The quantitative estimate of drug-likeness (QED) is 0.935. The maximum Gasteiger partial charge on any atom is 0.203 e. The van der Waals surface area contributed by atoms with E-state index in [4.69, 9.17) is 10.7 Å². The Morgan fingerprint density at radius 3 is 2.61 bits per heavy atom. The summed E-state index contributed by atoms with van der Waals surface area (Å²) >= 11 is 3.15. The topological polar surface area (TPSA) is 67.9 Å². The predicted molar refractivity (Wildman–Crippen MR) is 76.3 cm³/mol. The van der Waals surface area contributed by atoms with Gasteiger partial charge in [-0.05, 0) is 19.3 Å². The van der Waals surface area contributed by atoms with Gasteiger partial charge in [-0.25, -0.2) is 4.98 Å². The van der Waals surface area contributed by atoms with Crippen LogP contribution in [-0.4, -0.2) is 28.3 Å². The molecular weight excluding hydrogens is 266 g/mol. The first-order valence-corrected chi connectivity index (χ1v) is 7.75. The summed E-state index contributed by atoms with van der Waals surface area (Å²) in [6.45, 7) is 4.36. The molecule has 96 valence electrons. The number of nitrogens with two attached hydrogens (primary N) is 1. The molecule has 7 heteroatoms. The van der Waals surface area contributed by atoms with Crippen LogP contribution in [0, 0.1) is 0 Å². The molecule has 0 aliphatic carbocycles. The molecule has 1 aliphatic rings. The van der Waals surface area contributed by atoms with E-state index in [9.17, 15) is 0 Å². The number of thiazole rings is 1. The van der Waals surface area contributed by atoms with Crippen molar-refractivity contribution in [2.24, 2.45) is 0 Å². The SMILES string of the molecule is CCc1nc(N2CCCC2)sc1-c1nnc(N)s1. The van der Waals surface area contributed by atoms with E-state index in [1.165, 1.54) is 24.2 Å². The van der Waals surface area contributed by atoms with Crippen molar-refractivity contribution >= 4 is 32.9 Å². The molecule has 2 aromatic heterocycles. The van der Waals surface area contributed by atoms with Crippen LogP contribution in [0.3, 0.4) is 0 Å². The zero-order chi connectivity index (χ0) is 12.5. The summed E-state index contributed by atoms with van der Waals surface area (Å²) in [6.07, 6.45) is 3.45. The van der Waals surface area contributed by atoms with Crippen molar-refractivity contribution in [2.75, 3.05) is 23.7 Å². The van der Waals surface area contributed by atoms with Crippen molar-refractivity contribution in [2.45, 2.75) is 26.2 Å². The summed E-state index contributed by atoms with van der Waals surface area (Å²) in [6, 6.07) is 0. The van der Waals surface area contributed by atoms with E-state index >= 15 is 0 Å². The van der Waals surface area contributed by atoms with Gasteiger partial charge < -0.3 is 10.6 Å². The average molecular weight is 281 g/mol. The zero-order valence-corrected chi connectivity index (χ0v) is 11.9. The monoisotopic (exact) mass is 281 g/mol. The van der Waals surface area contributed by atoms with Gasteiger partial charge in [0.05, 0.1) is 10.6 Å². The fourth-order valence-corrected chi connectivity index (χ4v) is 4.02. The number of aryl methyl sites for hydroxylation is 1. The Kier molecular flexibility index (Phi) is 3.17. The fraction of sp³-hybridized carbons (Fsp3) is 0.545. The third kappa shape index (κ3) is 2.08. The van der Waals surface area contributed by atoms with E-state index < -0.39 is 0 Å². The van der Waals surface area contributed by atoms with E-state index in [1.807, 2.05) is 0 Å². The molecule has 0 unspecified atom stereocenters. The fourth-order valence-electron chi connectivity index (χ4n) is 2.12. The van der Waals surface area contributed by atoms with Gasteiger partial charge in [-0.1, -0.05) is 29.6 Å². The summed E-state index contributed by atoms with van der Waals surface area (Å²) in [5.74, 6) is 0. The molecule has 2 N–H and O–H groups in total. The number of hydrogen-bond acceptors (Lipinski definition) is 7. The third-order valence-electron chi connectivity index (χ3n) is 3.03. The van der Waals surface area contributed by atoms with Gasteiger partial charge in [-0.15, -0.1) is 10.2 Å². The van der Waals surface area contributed by atoms with Gasteiger partial charge in [0, 0.05) is 13.1 Å². The van der Waals surface area contributed by atoms with E-state index in [-0.39, 0.29) is 0 Å². The molecule has 0 atom stereocenters. The molecule has 3 heterocycles. The molecule has 1 saturated heterocycles. The second-order valence-corrected chi connectivity index (χ2v) is 6.25. The maximum atomic E-state index is 5.66. The number of hydrogen-bond donors (Lipinski definition) is 1. The van der Waals surface area contributed by atoms with Crippen molar-refractivity contribution in [1.29, 1.82) is 0 Å². The van der Waals surface area contributed by atoms with Gasteiger partial charge >= 0.3 is 0 Å². The van der Waals surface area contributed by atoms with Crippen LogP contribution >= 0.6 is 22.7 Å². The van der Waals surface area contributed by atoms with Crippen LogP contribution in [0.2, 0.25) is 0 Å². The summed E-state index contributed by atoms with van der Waals surface area (Å²) in [4.78, 5) is 8.23. The van der Waals surface area contributed by atoms with E-state index in [0.717, 1.165) is 40.2 Å². The minimum Gasteiger partial charge on any atom is -0.374 e. The standard InChI is InChI=1S/C11H15N5S2/c1-2-7-8(9-14-15-10(12)18-9)17-11(13-7)16-5-3-4-6-16/h2-6H2,1H3,(H2,12,15). The van der Waals surface area contributed by atoms with Gasteiger partial charge in [0.25, 0.3) is 0 Å². The summed E-state index contributed by atoms with van der Waals surface area (Å²) in [5, 5.41) is 10.5. The van der Waals surface area contributed by atoms with Crippen LogP contribution in [0.15, 0.2) is 0 Å². The van der Waals surface area contributed by atoms with Crippen LogP contribution in [0.4, 0.5) is 10.3 Å². The summed E-state index contributed by atoms with van der Waals surface area (Å²) in [5.41, 5.74) is 6.76. The molecule has 0 spiro atoms. The lowest BCUT2D eigenvalue weighted by molar-refractivity contribution is 0.941. The lowest BCUT2D eigenvalue weighted by Gasteiger charge is -2.12. The summed E-state index contributed by atoms with van der Waals surface area (Å²) in [7, 11) is 0. The van der Waals surface area contributed by atoms with Crippen LogP contribution < -0.4 is 10.6 Å². The lowest BCUT2D eigenvalue weighted by Crippen LogP contribution is -2.17. The molecule has 5 nitrogen and oxygen atoms in total. The molecule has 18 heavy (non-hydrogen) atoms. The minimum absolute atomic E-state index is 0.517. The van der Waals surface area contributed by atoms with Crippen molar-refractivity contribution < 1.29 is 0 Å². The number of nitrogens with zero attached hydrogens (tertiary/aromatic N) is 4. The second-order valence-electron chi connectivity index (χ2n) is 4.27. The normalized spacial score (nSPS) is 15.5. The molecule has 3 rings (SSSR count). The van der Waals surface area contributed by atoms with Crippen molar-refractivity contribution in [3.8, 4) is 9.88 Å². The van der Waals surface area contributed by atoms with Crippen LogP contribution in [0.25, 0.3) is 9.88 Å². The highest BCUT2D eigenvalue weighted by Gasteiger charge is 2.21. The molecule has 2 aromatic rings. The van der Waals surface area contributed by atoms with Gasteiger partial charge in [-0.3, -0.25) is 0 Å². The van der Waals surface area contributed by atoms with Gasteiger partial charge in [0.1, 0.15) is 0 Å². The van der Waals surface area contributed by atoms with Crippen LogP contribution in [0.5, 0.6) is 0 Å². The predicted octanol–water partition coefficient (Wildman–Crippen LogP) is 2.41. The molecule has 0 bridgehead atoms. The minimum atomic E-state index is 0.517. The van der Waals surface area contributed by atoms with Gasteiger partial charge in [0.2, 0.25) is 5.13 Å². The Balaban J connectivity index is 1.98. The number of aromatic nitrogens is 3.